The van der Waals surface area contributed by atoms with E-state index in [1.807, 2.05) is 13.0 Å². The topological polar surface area (TPSA) is 67.4 Å². The Bertz CT molecular complexity index is 765. The highest BCUT2D eigenvalue weighted by atomic mass is 35.5. The standard InChI is InChI=1S/C17H16Cl2N2O3/c1-10-4-3-5-12(8-10)17(23)21-20-16(22)11(2)24-15-7-6-13(18)9-14(15)19/h3-9,11H,1-2H3,(H,20,22)(H,21,23)/t11-/m1/s1. The summed E-state index contributed by atoms with van der Waals surface area (Å²) in [5.74, 6) is -0.598. The number of nitrogens with one attached hydrogen (secondary N) is 2. The van der Waals surface area contributed by atoms with Crippen LogP contribution in [0, 0.1) is 6.92 Å². The molecule has 5 nitrogen and oxygen atoms in total. The summed E-state index contributed by atoms with van der Waals surface area (Å²) in [5, 5.41) is 0.765. The van der Waals surface area contributed by atoms with E-state index < -0.39 is 17.9 Å². The second-order valence-electron chi connectivity index (χ2n) is 5.15. The number of hydrogen-bond donors (Lipinski definition) is 2. The molecule has 0 saturated carbocycles. The molecule has 2 rings (SSSR count). The summed E-state index contributed by atoms with van der Waals surface area (Å²) in [6.07, 6.45) is -0.860. The zero-order valence-corrected chi connectivity index (χ0v) is 14.6. The van der Waals surface area contributed by atoms with Gasteiger partial charge in [0.25, 0.3) is 11.8 Å². The van der Waals surface area contributed by atoms with Crippen molar-refractivity contribution in [2.45, 2.75) is 20.0 Å². The van der Waals surface area contributed by atoms with Crippen LogP contribution in [0.4, 0.5) is 0 Å². The van der Waals surface area contributed by atoms with Crippen molar-refractivity contribution in [3.8, 4) is 5.75 Å². The number of carbonyl (C=O) groups excluding carboxylic acids is 2. The van der Waals surface area contributed by atoms with Crippen molar-refractivity contribution >= 4 is 35.0 Å². The molecule has 126 valence electrons. The van der Waals surface area contributed by atoms with Gasteiger partial charge in [-0.25, -0.2) is 0 Å². The van der Waals surface area contributed by atoms with Crippen LogP contribution in [0.3, 0.4) is 0 Å². The highest BCUT2D eigenvalue weighted by Gasteiger charge is 2.17. The first kappa shape index (κ1) is 18.1. The lowest BCUT2D eigenvalue weighted by atomic mass is 10.1. The second-order valence-corrected chi connectivity index (χ2v) is 5.99. The maximum absolute atomic E-state index is 12.0. The number of carbonyl (C=O) groups is 2. The van der Waals surface area contributed by atoms with Gasteiger partial charge in [0.2, 0.25) is 0 Å². The van der Waals surface area contributed by atoms with Crippen LogP contribution in [-0.4, -0.2) is 17.9 Å². The van der Waals surface area contributed by atoms with Crippen molar-refractivity contribution in [3.63, 3.8) is 0 Å². The minimum atomic E-state index is -0.860. The lowest BCUT2D eigenvalue weighted by Gasteiger charge is -2.16. The zero-order valence-electron chi connectivity index (χ0n) is 13.1. The first-order valence-corrected chi connectivity index (χ1v) is 7.91. The van der Waals surface area contributed by atoms with Crippen LogP contribution in [0.15, 0.2) is 42.5 Å². The molecule has 0 aliphatic carbocycles. The molecule has 2 N–H and O–H groups in total. The van der Waals surface area contributed by atoms with E-state index in [1.165, 1.54) is 6.07 Å². The fourth-order valence-corrected chi connectivity index (χ4v) is 2.35. The van der Waals surface area contributed by atoms with E-state index in [0.717, 1.165) is 5.56 Å². The minimum Gasteiger partial charge on any atom is -0.479 e. The fourth-order valence-electron chi connectivity index (χ4n) is 1.89. The van der Waals surface area contributed by atoms with E-state index in [-0.39, 0.29) is 0 Å². The molecule has 7 heteroatoms. The fraction of sp³-hybridized carbons (Fsp3) is 0.176. The van der Waals surface area contributed by atoms with Crippen LogP contribution >= 0.6 is 23.2 Å². The Morgan fingerprint density at radius 1 is 1.08 bits per heavy atom. The highest BCUT2D eigenvalue weighted by molar-refractivity contribution is 6.35. The summed E-state index contributed by atoms with van der Waals surface area (Å²) >= 11 is 11.8. The SMILES string of the molecule is Cc1cccc(C(=O)NNC(=O)[C@@H](C)Oc2ccc(Cl)cc2Cl)c1. The predicted molar refractivity (Wildman–Crippen MR) is 93.3 cm³/mol. The van der Waals surface area contributed by atoms with Crippen LogP contribution in [0.25, 0.3) is 0 Å². The van der Waals surface area contributed by atoms with E-state index in [1.54, 1.807) is 37.3 Å². The summed E-state index contributed by atoms with van der Waals surface area (Å²) in [7, 11) is 0. The van der Waals surface area contributed by atoms with Gasteiger partial charge in [0.05, 0.1) is 5.02 Å². The van der Waals surface area contributed by atoms with Gasteiger partial charge in [-0.2, -0.15) is 0 Å². The maximum Gasteiger partial charge on any atom is 0.279 e. The van der Waals surface area contributed by atoms with Gasteiger partial charge in [0, 0.05) is 10.6 Å². The molecular formula is C17H16Cl2N2O3. The van der Waals surface area contributed by atoms with E-state index in [9.17, 15) is 9.59 Å². The number of ether oxygens (including phenoxy) is 1. The summed E-state index contributed by atoms with van der Waals surface area (Å²) in [6, 6.07) is 11.7. The Balaban J connectivity index is 1.90. The van der Waals surface area contributed by atoms with Gasteiger partial charge in [-0.05, 0) is 44.2 Å². The van der Waals surface area contributed by atoms with Gasteiger partial charge in [-0.3, -0.25) is 20.4 Å². The second kappa shape index (κ2) is 8.04. The molecule has 1 atom stereocenters. The Labute approximate surface area is 149 Å². The van der Waals surface area contributed by atoms with Crippen molar-refractivity contribution < 1.29 is 14.3 Å². The highest BCUT2D eigenvalue weighted by Crippen LogP contribution is 2.28. The lowest BCUT2D eigenvalue weighted by molar-refractivity contribution is -0.128. The first-order valence-electron chi connectivity index (χ1n) is 7.15. The Hall–Kier alpha value is -2.24. The number of hydrazine groups is 1. The third-order valence-electron chi connectivity index (χ3n) is 3.15. The summed E-state index contributed by atoms with van der Waals surface area (Å²) in [4.78, 5) is 24.0. The maximum atomic E-state index is 12.0. The molecule has 0 aliphatic heterocycles. The van der Waals surface area contributed by atoms with Crippen LogP contribution in [0.2, 0.25) is 10.0 Å². The summed E-state index contributed by atoms with van der Waals surface area (Å²) in [6.45, 7) is 3.42. The molecule has 0 spiro atoms. The van der Waals surface area contributed by atoms with Gasteiger partial charge in [-0.15, -0.1) is 0 Å². The number of rotatable bonds is 4. The Morgan fingerprint density at radius 3 is 2.50 bits per heavy atom. The molecule has 24 heavy (non-hydrogen) atoms. The number of amides is 2. The Morgan fingerprint density at radius 2 is 1.83 bits per heavy atom. The number of halogens is 2. The van der Waals surface area contributed by atoms with Crippen LogP contribution in [-0.2, 0) is 4.79 Å². The van der Waals surface area contributed by atoms with Crippen molar-refractivity contribution in [3.05, 3.63) is 63.6 Å². The largest absolute Gasteiger partial charge is 0.479 e. The average molecular weight is 367 g/mol. The number of aryl methyl sites for hydroxylation is 1. The monoisotopic (exact) mass is 366 g/mol. The van der Waals surface area contributed by atoms with Crippen LogP contribution in [0.1, 0.15) is 22.8 Å². The molecule has 0 unspecified atom stereocenters. The van der Waals surface area contributed by atoms with Gasteiger partial charge < -0.3 is 4.74 Å². The summed E-state index contributed by atoms with van der Waals surface area (Å²) in [5.41, 5.74) is 6.06. The van der Waals surface area contributed by atoms with E-state index >= 15 is 0 Å². The quantitative estimate of drug-likeness (QED) is 0.813. The minimum absolute atomic E-state index is 0.297. The van der Waals surface area contributed by atoms with E-state index in [0.29, 0.717) is 21.4 Å². The molecular weight excluding hydrogens is 351 g/mol. The van der Waals surface area contributed by atoms with Crippen molar-refractivity contribution in [2.24, 2.45) is 0 Å². The zero-order chi connectivity index (χ0) is 17.7. The van der Waals surface area contributed by atoms with E-state index in [2.05, 4.69) is 10.9 Å². The molecule has 0 fully saturated rings. The molecule has 0 radical (unpaired) electrons. The molecule has 0 aliphatic rings. The third-order valence-corrected chi connectivity index (χ3v) is 3.68. The normalized spacial score (nSPS) is 11.5. The van der Waals surface area contributed by atoms with Gasteiger partial charge in [-0.1, -0.05) is 40.9 Å². The lowest BCUT2D eigenvalue weighted by Crippen LogP contribution is -2.47. The molecule has 0 heterocycles. The third kappa shape index (κ3) is 4.88. The molecule has 2 amide bonds. The smallest absolute Gasteiger partial charge is 0.279 e. The number of benzene rings is 2. The Kier molecular flexibility index (Phi) is 6.06. The van der Waals surface area contributed by atoms with Gasteiger partial charge in [0.1, 0.15) is 5.75 Å². The van der Waals surface area contributed by atoms with Crippen molar-refractivity contribution in [1.82, 2.24) is 10.9 Å². The van der Waals surface area contributed by atoms with Gasteiger partial charge >= 0.3 is 0 Å². The van der Waals surface area contributed by atoms with Crippen LogP contribution < -0.4 is 15.6 Å². The van der Waals surface area contributed by atoms with Crippen molar-refractivity contribution in [1.29, 1.82) is 0 Å². The predicted octanol–water partition coefficient (Wildman–Crippen LogP) is 3.53. The van der Waals surface area contributed by atoms with Gasteiger partial charge in [0.15, 0.2) is 6.10 Å². The molecule has 0 saturated heterocycles. The van der Waals surface area contributed by atoms with E-state index in [4.69, 9.17) is 27.9 Å². The molecule has 0 aromatic heterocycles. The first-order chi connectivity index (χ1) is 11.4. The molecule has 0 bridgehead atoms. The molecule has 2 aromatic rings. The van der Waals surface area contributed by atoms with Crippen molar-refractivity contribution in [2.75, 3.05) is 0 Å². The number of hydrogen-bond acceptors (Lipinski definition) is 3. The summed E-state index contributed by atoms with van der Waals surface area (Å²) < 4.78 is 5.47. The van der Waals surface area contributed by atoms with Crippen LogP contribution in [0.5, 0.6) is 5.75 Å². The molecule has 2 aromatic carbocycles. The average Bonchev–Trinajstić information content (AvgIpc) is 2.54.